The van der Waals surface area contributed by atoms with Crippen molar-refractivity contribution in [2.24, 2.45) is 0 Å². The zero-order chi connectivity index (χ0) is 10.7. The summed E-state index contributed by atoms with van der Waals surface area (Å²) in [7, 11) is 1.21. The van der Waals surface area contributed by atoms with Crippen LogP contribution in [0.5, 0.6) is 0 Å². The van der Waals surface area contributed by atoms with Crippen molar-refractivity contribution in [3.8, 4) is 0 Å². The van der Waals surface area contributed by atoms with Gasteiger partial charge in [0.1, 0.15) is 6.04 Å². The van der Waals surface area contributed by atoms with E-state index >= 15 is 0 Å². The predicted octanol–water partition coefficient (Wildman–Crippen LogP) is -0.290. The van der Waals surface area contributed by atoms with Crippen molar-refractivity contribution in [1.82, 2.24) is 15.0 Å². The minimum absolute atomic E-state index is 0.0133. The summed E-state index contributed by atoms with van der Waals surface area (Å²) in [6.45, 7) is 1.43. The fraction of sp³-hybridized carbons (Fsp3) is 0.429. The van der Waals surface area contributed by atoms with Crippen LogP contribution in [0.2, 0.25) is 0 Å². The maximum atomic E-state index is 10.9. The van der Waals surface area contributed by atoms with Crippen LogP contribution >= 0.6 is 0 Å². The molecule has 0 fully saturated rings. The van der Waals surface area contributed by atoms with Crippen molar-refractivity contribution >= 4 is 11.9 Å². The lowest BCUT2D eigenvalue weighted by Gasteiger charge is -2.03. The van der Waals surface area contributed by atoms with E-state index in [0.717, 1.165) is 4.68 Å². The van der Waals surface area contributed by atoms with E-state index in [1.165, 1.54) is 20.2 Å². The van der Waals surface area contributed by atoms with Crippen molar-refractivity contribution in [3.63, 3.8) is 0 Å². The molecule has 0 aliphatic heterocycles. The number of nitrogens with zero attached hydrogens (tertiary/aromatic N) is 3. The molecule has 76 valence electrons. The lowest BCUT2D eigenvalue weighted by Crippen LogP contribution is -2.16. The van der Waals surface area contributed by atoms with Crippen LogP contribution in [0.4, 0.5) is 0 Å². The number of carbonyl (C=O) groups excluding carboxylic acids is 1. The van der Waals surface area contributed by atoms with E-state index in [4.69, 9.17) is 5.11 Å². The van der Waals surface area contributed by atoms with Gasteiger partial charge in [0.05, 0.1) is 13.3 Å². The first-order valence-electron chi connectivity index (χ1n) is 3.79. The number of hydrogen-bond donors (Lipinski definition) is 1. The van der Waals surface area contributed by atoms with Crippen molar-refractivity contribution in [2.45, 2.75) is 13.0 Å². The summed E-state index contributed by atoms with van der Waals surface area (Å²) in [5, 5.41) is 15.6. The van der Waals surface area contributed by atoms with Crippen LogP contribution in [0.15, 0.2) is 6.20 Å². The zero-order valence-electron chi connectivity index (χ0n) is 7.67. The Kier molecular flexibility index (Phi) is 2.80. The van der Waals surface area contributed by atoms with Crippen molar-refractivity contribution in [2.75, 3.05) is 7.11 Å². The predicted molar refractivity (Wildman–Crippen MR) is 43.7 cm³/mol. The number of carboxylic acids is 1. The number of aliphatic carboxylic acids is 1. The molecule has 7 nitrogen and oxygen atoms in total. The standard InChI is InChI=1S/C7H9N3O4/c1-4(6(11)12)10-3-5(8-9-10)7(13)14-2/h3-4H,1-2H3,(H,11,12)/t4-/m1/s1. The molecule has 0 spiro atoms. The average Bonchev–Trinajstić information content (AvgIpc) is 2.64. The SMILES string of the molecule is COC(=O)c1cn([C@H](C)C(=O)O)nn1. The smallest absolute Gasteiger partial charge is 0.360 e. The van der Waals surface area contributed by atoms with E-state index < -0.39 is 18.0 Å². The summed E-state index contributed by atoms with van der Waals surface area (Å²) in [6.07, 6.45) is 1.23. The maximum absolute atomic E-state index is 10.9. The summed E-state index contributed by atoms with van der Waals surface area (Å²) >= 11 is 0. The molecule has 1 aromatic heterocycles. The van der Waals surface area contributed by atoms with Gasteiger partial charge in [0, 0.05) is 0 Å². The molecule has 7 heteroatoms. The molecule has 1 atom stereocenters. The van der Waals surface area contributed by atoms with Gasteiger partial charge in [-0.25, -0.2) is 14.3 Å². The highest BCUT2D eigenvalue weighted by Gasteiger charge is 2.17. The quantitative estimate of drug-likeness (QED) is 0.672. The number of carboxylic acid groups (broad SMARTS) is 1. The normalized spacial score (nSPS) is 12.1. The van der Waals surface area contributed by atoms with Gasteiger partial charge in [-0.2, -0.15) is 0 Å². The van der Waals surface area contributed by atoms with Crippen LogP contribution < -0.4 is 0 Å². The van der Waals surface area contributed by atoms with Crippen molar-refractivity contribution in [3.05, 3.63) is 11.9 Å². The number of aromatic nitrogens is 3. The molecule has 0 aromatic carbocycles. The molecular weight excluding hydrogens is 190 g/mol. The second kappa shape index (κ2) is 3.86. The van der Waals surface area contributed by atoms with Crippen LogP contribution in [0.25, 0.3) is 0 Å². The average molecular weight is 199 g/mol. The lowest BCUT2D eigenvalue weighted by molar-refractivity contribution is -0.140. The highest BCUT2D eigenvalue weighted by atomic mass is 16.5. The summed E-state index contributed by atoms with van der Waals surface area (Å²) in [6, 6.07) is -0.860. The largest absolute Gasteiger partial charge is 0.480 e. The van der Waals surface area contributed by atoms with Gasteiger partial charge in [0.2, 0.25) is 0 Å². The van der Waals surface area contributed by atoms with E-state index in [0.29, 0.717) is 0 Å². The third-order valence-electron chi connectivity index (χ3n) is 1.66. The maximum Gasteiger partial charge on any atom is 0.360 e. The Balaban J connectivity index is 2.88. The van der Waals surface area contributed by atoms with Gasteiger partial charge in [-0.3, -0.25) is 0 Å². The Hall–Kier alpha value is -1.92. The second-order valence-corrected chi connectivity index (χ2v) is 2.59. The van der Waals surface area contributed by atoms with Crippen LogP contribution in [0, 0.1) is 0 Å². The highest BCUT2D eigenvalue weighted by molar-refractivity contribution is 5.86. The van der Waals surface area contributed by atoms with Crippen LogP contribution in [-0.2, 0) is 9.53 Å². The molecule has 1 aromatic rings. The summed E-state index contributed by atoms with van der Waals surface area (Å²) in [5.74, 6) is -1.69. The fourth-order valence-corrected chi connectivity index (χ4v) is 0.777. The van der Waals surface area contributed by atoms with Gasteiger partial charge in [-0.05, 0) is 6.92 Å². The number of esters is 1. The Morgan fingerprint density at radius 3 is 2.79 bits per heavy atom. The van der Waals surface area contributed by atoms with Gasteiger partial charge in [-0.1, -0.05) is 5.21 Å². The van der Waals surface area contributed by atoms with Gasteiger partial charge in [0.15, 0.2) is 5.69 Å². The molecule has 0 aliphatic rings. The number of methoxy groups -OCH3 is 1. The van der Waals surface area contributed by atoms with Gasteiger partial charge in [0.25, 0.3) is 0 Å². The van der Waals surface area contributed by atoms with E-state index in [-0.39, 0.29) is 5.69 Å². The summed E-state index contributed by atoms with van der Waals surface area (Å²) in [5.41, 5.74) is -0.0133. The van der Waals surface area contributed by atoms with E-state index in [2.05, 4.69) is 15.0 Å². The Morgan fingerprint density at radius 1 is 1.64 bits per heavy atom. The molecule has 1 rings (SSSR count). The third-order valence-corrected chi connectivity index (χ3v) is 1.66. The fourth-order valence-electron chi connectivity index (χ4n) is 0.777. The minimum Gasteiger partial charge on any atom is -0.480 e. The molecule has 0 unspecified atom stereocenters. The molecule has 1 N–H and O–H groups in total. The van der Waals surface area contributed by atoms with Gasteiger partial charge in [-0.15, -0.1) is 5.10 Å². The van der Waals surface area contributed by atoms with E-state index in [9.17, 15) is 9.59 Å². The lowest BCUT2D eigenvalue weighted by atomic mass is 10.3. The Bertz CT molecular complexity index is 360. The van der Waals surface area contributed by atoms with Crippen molar-refractivity contribution < 1.29 is 19.4 Å². The molecule has 0 radical (unpaired) electrons. The zero-order valence-corrected chi connectivity index (χ0v) is 7.67. The number of rotatable bonds is 3. The van der Waals surface area contributed by atoms with E-state index in [1.807, 2.05) is 0 Å². The Morgan fingerprint density at radius 2 is 2.29 bits per heavy atom. The topological polar surface area (TPSA) is 94.3 Å². The molecule has 0 saturated heterocycles. The molecule has 0 saturated carbocycles. The highest BCUT2D eigenvalue weighted by Crippen LogP contribution is 2.04. The molecule has 0 amide bonds. The monoisotopic (exact) mass is 199 g/mol. The first-order chi connectivity index (χ1) is 6.56. The van der Waals surface area contributed by atoms with Crippen LogP contribution in [0.1, 0.15) is 23.5 Å². The summed E-state index contributed by atoms with van der Waals surface area (Å²) < 4.78 is 5.47. The second-order valence-electron chi connectivity index (χ2n) is 2.59. The first kappa shape index (κ1) is 10.2. The van der Waals surface area contributed by atoms with Crippen molar-refractivity contribution in [1.29, 1.82) is 0 Å². The molecule has 0 bridgehead atoms. The minimum atomic E-state index is -1.05. The molecule has 1 heterocycles. The van der Waals surface area contributed by atoms with Gasteiger partial charge >= 0.3 is 11.9 Å². The Labute approximate surface area is 79.3 Å². The molecular formula is C7H9N3O4. The number of hydrogen-bond acceptors (Lipinski definition) is 5. The van der Waals surface area contributed by atoms with E-state index in [1.54, 1.807) is 0 Å². The molecule has 14 heavy (non-hydrogen) atoms. The molecule has 0 aliphatic carbocycles. The van der Waals surface area contributed by atoms with Gasteiger partial charge < -0.3 is 9.84 Å². The third kappa shape index (κ3) is 1.87. The summed E-state index contributed by atoms with van der Waals surface area (Å²) in [4.78, 5) is 21.5. The van der Waals surface area contributed by atoms with Crippen LogP contribution in [-0.4, -0.2) is 39.1 Å². The number of carbonyl (C=O) groups is 2. The van der Waals surface area contributed by atoms with Crippen LogP contribution in [0.3, 0.4) is 0 Å². The number of ether oxygens (including phenoxy) is 1. The first-order valence-corrected chi connectivity index (χ1v) is 3.79.